The lowest BCUT2D eigenvalue weighted by molar-refractivity contribution is 0.0790. The number of benzene rings is 1. The average molecular weight is 385 g/mol. The maximum Gasteiger partial charge on any atom is 0.257 e. The fraction of sp³-hybridized carbons (Fsp3) is 0.217. The Labute approximate surface area is 170 Å². The Morgan fingerprint density at radius 2 is 1.86 bits per heavy atom. The first-order valence-electron chi connectivity index (χ1n) is 9.64. The second kappa shape index (κ2) is 7.83. The van der Waals surface area contributed by atoms with Gasteiger partial charge in [-0.2, -0.15) is 5.10 Å². The van der Waals surface area contributed by atoms with Crippen molar-refractivity contribution in [2.24, 2.45) is 0 Å². The van der Waals surface area contributed by atoms with Crippen molar-refractivity contribution in [3.05, 3.63) is 84.4 Å². The van der Waals surface area contributed by atoms with Crippen LogP contribution in [0, 0.1) is 6.92 Å². The number of hydrogen-bond donors (Lipinski definition) is 0. The number of aromatic nitrogens is 4. The van der Waals surface area contributed by atoms with E-state index >= 15 is 0 Å². The molecule has 0 N–H and O–H groups in total. The summed E-state index contributed by atoms with van der Waals surface area (Å²) in [5, 5.41) is 4.41. The zero-order valence-corrected chi connectivity index (χ0v) is 16.5. The van der Waals surface area contributed by atoms with Crippen molar-refractivity contribution in [2.75, 3.05) is 13.1 Å². The van der Waals surface area contributed by atoms with E-state index in [2.05, 4.69) is 41.4 Å². The molecular weight excluding hydrogens is 362 g/mol. The molecule has 0 atom stereocenters. The van der Waals surface area contributed by atoms with E-state index in [1.54, 1.807) is 27.9 Å². The summed E-state index contributed by atoms with van der Waals surface area (Å²) in [7, 11) is 0. The highest BCUT2D eigenvalue weighted by atomic mass is 16.2. The van der Waals surface area contributed by atoms with Crippen LogP contribution in [0.4, 0.5) is 0 Å². The highest BCUT2D eigenvalue weighted by molar-refractivity contribution is 5.95. The van der Waals surface area contributed by atoms with Crippen LogP contribution in [0.25, 0.3) is 17.2 Å². The topological polar surface area (TPSA) is 63.9 Å². The third-order valence-corrected chi connectivity index (χ3v) is 5.20. The molecule has 0 saturated carbocycles. The standard InChI is InChI=1S/C23H23N5O/c1-4-12-27(13-5-2)22(29)20-15-25-28(16(20)3)23-24-14-18-11-10-17-8-6-7-9-19(17)21(18)26-23/h4-9,14-15H,1-2,10-13H2,3H3. The zero-order valence-electron chi connectivity index (χ0n) is 16.5. The highest BCUT2D eigenvalue weighted by Crippen LogP contribution is 2.31. The van der Waals surface area contributed by atoms with Crippen molar-refractivity contribution in [3.8, 4) is 17.2 Å². The van der Waals surface area contributed by atoms with Crippen LogP contribution in [0.15, 0.2) is 62.0 Å². The maximum atomic E-state index is 12.9. The van der Waals surface area contributed by atoms with Crippen molar-refractivity contribution >= 4 is 5.91 Å². The van der Waals surface area contributed by atoms with E-state index < -0.39 is 0 Å². The van der Waals surface area contributed by atoms with Crippen LogP contribution in [0.5, 0.6) is 0 Å². The smallest absolute Gasteiger partial charge is 0.257 e. The summed E-state index contributed by atoms with van der Waals surface area (Å²) in [6.45, 7) is 10.2. The van der Waals surface area contributed by atoms with Gasteiger partial charge in [0.2, 0.25) is 0 Å². The van der Waals surface area contributed by atoms with Gasteiger partial charge in [-0.1, -0.05) is 36.4 Å². The molecule has 3 aromatic rings. The van der Waals surface area contributed by atoms with E-state index in [1.165, 1.54) is 5.56 Å². The molecule has 1 aliphatic rings. The van der Waals surface area contributed by atoms with Crippen LogP contribution < -0.4 is 0 Å². The summed E-state index contributed by atoms with van der Waals surface area (Å²) in [5.41, 5.74) is 5.74. The molecule has 0 fully saturated rings. The van der Waals surface area contributed by atoms with Crippen LogP contribution in [-0.4, -0.2) is 43.6 Å². The second-order valence-corrected chi connectivity index (χ2v) is 7.04. The van der Waals surface area contributed by atoms with Gasteiger partial charge < -0.3 is 4.90 Å². The number of rotatable bonds is 6. The van der Waals surface area contributed by atoms with Gasteiger partial charge in [-0.25, -0.2) is 14.6 Å². The molecule has 0 radical (unpaired) electrons. The van der Waals surface area contributed by atoms with Crippen molar-refractivity contribution in [2.45, 2.75) is 19.8 Å². The molecule has 2 aromatic heterocycles. The fourth-order valence-corrected chi connectivity index (χ4v) is 3.70. The van der Waals surface area contributed by atoms with E-state index in [1.807, 2.05) is 19.2 Å². The van der Waals surface area contributed by atoms with Crippen LogP contribution >= 0.6 is 0 Å². The molecule has 29 heavy (non-hydrogen) atoms. The number of fused-ring (bicyclic) bond motifs is 3. The predicted octanol–water partition coefficient (Wildman–Crippen LogP) is 3.55. The van der Waals surface area contributed by atoms with Gasteiger partial charge in [0.1, 0.15) is 0 Å². The summed E-state index contributed by atoms with van der Waals surface area (Å²) >= 11 is 0. The van der Waals surface area contributed by atoms with E-state index in [0.29, 0.717) is 30.3 Å². The van der Waals surface area contributed by atoms with Gasteiger partial charge in [-0.15, -0.1) is 13.2 Å². The highest BCUT2D eigenvalue weighted by Gasteiger charge is 2.23. The monoisotopic (exact) mass is 385 g/mol. The third-order valence-electron chi connectivity index (χ3n) is 5.20. The minimum Gasteiger partial charge on any atom is -0.331 e. The van der Waals surface area contributed by atoms with Crippen LogP contribution in [0.3, 0.4) is 0 Å². The van der Waals surface area contributed by atoms with Gasteiger partial charge in [0.15, 0.2) is 0 Å². The van der Waals surface area contributed by atoms with Crippen LogP contribution in [0.2, 0.25) is 0 Å². The first kappa shape index (κ1) is 18.8. The lowest BCUT2D eigenvalue weighted by Gasteiger charge is -2.19. The second-order valence-electron chi connectivity index (χ2n) is 7.04. The Kier molecular flexibility index (Phi) is 5.08. The van der Waals surface area contributed by atoms with Crippen molar-refractivity contribution < 1.29 is 4.79 Å². The molecule has 4 rings (SSSR count). The van der Waals surface area contributed by atoms with Crippen molar-refractivity contribution in [1.29, 1.82) is 0 Å². The first-order chi connectivity index (χ1) is 14.1. The molecule has 0 bridgehead atoms. The predicted molar refractivity (Wildman–Crippen MR) is 113 cm³/mol. The molecule has 0 unspecified atom stereocenters. The Balaban J connectivity index is 1.72. The summed E-state index contributed by atoms with van der Waals surface area (Å²) in [4.78, 5) is 23.9. The first-order valence-corrected chi connectivity index (χ1v) is 9.64. The maximum absolute atomic E-state index is 12.9. The molecule has 6 heteroatoms. The van der Waals surface area contributed by atoms with E-state index in [0.717, 1.165) is 29.7 Å². The van der Waals surface area contributed by atoms with E-state index in [9.17, 15) is 4.79 Å². The number of carbonyl (C=O) groups excluding carboxylic acids is 1. The lowest BCUT2D eigenvalue weighted by Crippen LogP contribution is -2.31. The third kappa shape index (κ3) is 3.38. The summed E-state index contributed by atoms with van der Waals surface area (Å²) in [6, 6.07) is 8.32. The zero-order chi connectivity index (χ0) is 20.4. The van der Waals surface area contributed by atoms with Crippen molar-refractivity contribution in [1.82, 2.24) is 24.6 Å². The van der Waals surface area contributed by atoms with Gasteiger partial charge in [0.05, 0.1) is 23.1 Å². The Morgan fingerprint density at radius 1 is 1.14 bits per heavy atom. The Bertz CT molecular complexity index is 1090. The number of nitrogens with zero attached hydrogens (tertiary/aromatic N) is 5. The molecule has 0 spiro atoms. The quantitative estimate of drug-likeness (QED) is 0.609. The van der Waals surface area contributed by atoms with Crippen LogP contribution in [-0.2, 0) is 12.8 Å². The van der Waals surface area contributed by atoms with Gasteiger partial charge in [-0.3, -0.25) is 4.79 Å². The van der Waals surface area contributed by atoms with E-state index in [-0.39, 0.29) is 5.91 Å². The number of carbonyl (C=O) groups is 1. The molecule has 1 aromatic carbocycles. The lowest BCUT2D eigenvalue weighted by atomic mass is 9.90. The molecule has 2 heterocycles. The number of hydrogen-bond acceptors (Lipinski definition) is 4. The van der Waals surface area contributed by atoms with Crippen LogP contribution in [0.1, 0.15) is 27.2 Å². The minimum absolute atomic E-state index is 0.114. The van der Waals surface area contributed by atoms with Gasteiger partial charge >= 0.3 is 0 Å². The number of aryl methyl sites for hydroxylation is 2. The molecule has 146 valence electrons. The molecule has 6 nitrogen and oxygen atoms in total. The van der Waals surface area contributed by atoms with Gasteiger partial charge in [-0.05, 0) is 30.9 Å². The summed E-state index contributed by atoms with van der Waals surface area (Å²) < 4.78 is 1.63. The summed E-state index contributed by atoms with van der Waals surface area (Å²) in [6.07, 6.45) is 8.77. The summed E-state index contributed by atoms with van der Waals surface area (Å²) in [5.74, 6) is 0.354. The molecule has 1 amide bonds. The Morgan fingerprint density at radius 3 is 2.62 bits per heavy atom. The normalized spacial score (nSPS) is 12.0. The van der Waals surface area contributed by atoms with Gasteiger partial charge in [0.25, 0.3) is 11.9 Å². The largest absolute Gasteiger partial charge is 0.331 e. The van der Waals surface area contributed by atoms with Gasteiger partial charge in [0, 0.05) is 24.8 Å². The Hall–Kier alpha value is -3.54. The molecule has 0 saturated heterocycles. The average Bonchev–Trinajstić information content (AvgIpc) is 3.14. The molecular formula is C23H23N5O. The van der Waals surface area contributed by atoms with Crippen molar-refractivity contribution in [3.63, 3.8) is 0 Å². The van der Waals surface area contributed by atoms with E-state index in [4.69, 9.17) is 4.98 Å². The number of amides is 1. The molecule has 1 aliphatic carbocycles. The minimum atomic E-state index is -0.114. The fourth-order valence-electron chi connectivity index (χ4n) is 3.70. The molecule has 0 aliphatic heterocycles. The SMILES string of the molecule is C=CCN(CC=C)C(=O)c1cnn(-c2ncc3c(n2)-c2ccccc2CC3)c1C.